The molecule has 0 amide bonds. The summed E-state index contributed by atoms with van der Waals surface area (Å²) in [5.74, 6) is 0. The van der Waals surface area contributed by atoms with Crippen LogP contribution >= 0.6 is 7.37 Å². The number of aryl methyl sites for hydroxylation is 6. The zero-order chi connectivity index (χ0) is 23.6. The van der Waals surface area contributed by atoms with Crippen LogP contribution in [0.3, 0.4) is 0 Å². The number of hydrogen-bond acceptors (Lipinski definition) is 5. The minimum Gasteiger partial charge on any atom is -0.282 e. The molecule has 32 heavy (non-hydrogen) atoms. The predicted molar refractivity (Wildman–Crippen MR) is 129 cm³/mol. The van der Waals surface area contributed by atoms with Crippen molar-refractivity contribution < 1.29 is 18.8 Å². The van der Waals surface area contributed by atoms with Crippen LogP contribution in [-0.2, 0) is 9.19 Å². The van der Waals surface area contributed by atoms with E-state index in [1.165, 1.54) is 0 Å². The maximum Gasteiger partial charge on any atom is 0.356 e. The van der Waals surface area contributed by atoms with Crippen LogP contribution in [0.4, 0.5) is 0 Å². The number of carbonyl (C=O) groups is 2. The molecule has 0 radical (unpaired) electrons. The standard InChI is InChI=1S/C26H34NO4P/c1-16-12-18(3)23(19(4)13-16)25(28)32(30,31-27-22-10-8-7-9-11-22)26(29)24-20(5)14-17(2)15-21(24)6/h12-15,22,27H,7-11H2,1-6H3. The summed E-state index contributed by atoms with van der Waals surface area (Å²) in [5, 5.41) is 0. The van der Waals surface area contributed by atoms with E-state index in [2.05, 4.69) is 5.48 Å². The molecule has 2 aromatic carbocycles. The van der Waals surface area contributed by atoms with Crippen LogP contribution in [0.2, 0.25) is 0 Å². The first-order valence-electron chi connectivity index (χ1n) is 11.3. The summed E-state index contributed by atoms with van der Waals surface area (Å²) >= 11 is 0. The van der Waals surface area contributed by atoms with E-state index in [0.717, 1.165) is 43.2 Å². The summed E-state index contributed by atoms with van der Waals surface area (Å²) in [5.41, 5.74) is 6.78. The highest BCUT2D eigenvalue weighted by molar-refractivity contribution is 7.91. The molecular formula is C26H34NO4P. The molecule has 1 fully saturated rings. The second kappa shape index (κ2) is 9.82. The molecule has 0 heterocycles. The lowest BCUT2D eigenvalue weighted by molar-refractivity contribution is 0.0905. The molecule has 1 N–H and O–H groups in total. The third kappa shape index (κ3) is 4.96. The number of rotatable bonds is 7. The van der Waals surface area contributed by atoms with Crippen LogP contribution < -0.4 is 5.48 Å². The minimum atomic E-state index is -4.44. The van der Waals surface area contributed by atoms with Crippen molar-refractivity contribution in [3.05, 3.63) is 68.8 Å². The van der Waals surface area contributed by atoms with Gasteiger partial charge in [-0.25, -0.2) is 4.62 Å². The molecule has 1 saturated carbocycles. The Morgan fingerprint density at radius 3 is 1.50 bits per heavy atom. The average Bonchev–Trinajstić information content (AvgIpc) is 2.71. The number of hydrogen-bond donors (Lipinski definition) is 1. The van der Waals surface area contributed by atoms with Gasteiger partial charge in [0.1, 0.15) is 0 Å². The van der Waals surface area contributed by atoms with Crippen molar-refractivity contribution in [1.82, 2.24) is 5.48 Å². The van der Waals surface area contributed by atoms with Crippen molar-refractivity contribution in [1.29, 1.82) is 0 Å². The van der Waals surface area contributed by atoms with Crippen molar-refractivity contribution >= 4 is 18.4 Å². The van der Waals surface area contributed by atoms with Crippen LogP contribution in [0.5, 0.6) is 0 Å². The summed E-state index contributed by atoms with van der Waals surface area (Å²) in [6, 6.07) is 7.45. The van der Waals surface area contributed by atoms with E-state index in [1.807, 2.05) is 38.1 Å². The minimum absolute atomic E-state index is 0.0156. The van der Waals surface area contributed by atoms with Crippen molar-refractivity contribution in [3.63, 3.8) is 0 Å². The van der Waals surface area contributed by atoms with Crippen LogP contribution in [0.15, 0.2) is 24.3 Å². The molecule has 1 aliphatic rings. The quantitative estimate of drug-likeness (QED) is 0.374. The fraction of sp³-hybridized carbons (Fsp3) is 0.462. The zero-order valence-electron chi connectivity index (χ0n) is 20.0. The maximum absolute atomic E-state index is 14.3. The number of carbonyl (C=O) groups excluding carboxylic acids is 2. The summed E-state index contributed by atoms with van der Waals surface area (Å²) in [6.45, 7) is 11.1. The number of nitrogens with one attached hydrogen (secondary N) is 1. The van der Waals surface area contributed by atoms with Gasteiger partial charge in [-0.05, 0) is 76.6 Å². The summed E-state index contributed by atoms with van der Waals surface area (Å²) in [6.07, 6.45) is 4.97. The third-order valence-electron chi connectivity index (χ3n) is 6.27. The van der Waals surface area contributed by atoms with Gasteiger partial charge in [-0.1, -0.05) is 54.7 Å². The largest absolute Gasteiger partial charge is 0.356 e. The van der Waals surface area contributed by atoms with E-state index in [-0.39, 0.29) is 6.04 Å². The summed E-state index contributed by atoms with van der Waals surface area (Å²) in [4.78, 5) is 27.5. The Balaban J connectivity index is 2.08. The van der Waals surface area contributed by atoms with Gasteiger partial charge in [-0.15, -0.1) is 0 Å². The van der Waals surface area contributed by atoms with E-state index in [9.17, 15) is 14.2 Å². The Bertz CT molecular complexity index is 979. The topological polar surface area (TPSA) is 72.5 Å². The monoisotopic (exact) mass is 455 g/mol. The van der Waals surface area contributed by atoms with Crippen molar-refractivity contribution in [2.45, 2.75) is 79.7 Å². The smallest absolute Gasteiger partial charge is 0.282 e. The van der Waals surface area contributed by atoms with Crippen LogP contribution in [0.1, 0.15) is 86.2 Å². The molecule has 0 aliphatic heterocycles. The Morgan fingerprint density at radius 2 is 1.12 bits per heavy atom. The van der Waals surface area contributed by atoms with Crippen molar-refractivity contribution in [2.75, 3.05) is 0 Å². The highest BCUT2D eigenvalue weighted by Crippen LogP contribution is 2.54. The molecule has 0 atom stereocenters. The van der Waals surface area contributed by atoms with Gasteiger partial charge in [-0.2, -0.15) is 5.48 Å². The van der Waals surface area contributed by atoms with E-state index >= 15 is 0 Å². The SMILES string of the molecule is Cc1cc(C)c(C(=O)P(=O)(ONC2CCCCC2)C(=O)c2c(C)cc(C)cc2C)c(C)c1. The van der Waals surface area contributed by atoms with Gasteiger partial charge in [0.25, 0.3) is 11.0 Å². The van der Waals surface area contributed by atoms with Gasteiger partial charge in [-0.3, -0.25) is 14.2 Å². The highest BCUT2D eigenvalue weighted by Gasteiger charge is 2.46. The molecule has 1 aliphatic carbocycles. The lowest BCUT2D eigenvalue weighted by Gasteiger charge is -2.26. The lowest BCUT2D eigenvalue weighted by atomic mass is 9.96. The molecule has 2 aromatic rings. The van der Waals surface area contributed by atoms with E-state index in [0.29, 0.717) is 33.4 Å². The molecule has 0 saturated heterocycles. The molecule has 0 aromatic heterocycles. The Kier molecular flexibility index (Phi) is 7.54. The normalized spacial score (nSPS) is 15.1. The Morgan fingerprint density at radius 1 is 0.750 bits per heavy atom. The fourth-order valence-electron chi connectivity index (χ4n) is 4.87. The van der Waals surface area contributed by atoms with Gasteiger partial charge in [0.15, 0.2) is 0 Å². The van der Waals surface area contributed by atoms with Crippen LogP contribution in [0, 0.1) is 41.5 Å². The van der Waals surface area contributed by atoms with Gasteiger partial charge in [0.05, 0.1) is 0 Å². The molecular weight excluding hydrogens is 421 g/mol. The van der Waals surface area contributed by atoms with Gasteiger partial charge in [0, 0.05) is 17.2 Å². The van der Waals surface area contributed by atoms with Gasteiger partial charge >= 0.3 is 7.37 Å². The summed E-state index contributed by atoms with van der Waals surface area (Å²) < 4.78 is 19.9. The first kappa shape index (κ1) is 24.6. The fourth-order valence-corrected chi connectivity index (χ4v) is 6.82. The number of hydroxylamine groups is 1. The maximum atomic E-state index is 14.3. The van der Waals surface area contributed by atoms with E-state index in [4.69, 9.17) is 4.62 Å². The van der Waals surface area contributed by atoms with E-state index < -0.39 is 18.4 Å². The summed E-state index contributed by atoms with van der Waals surface area (Å²) in [7, 11) is -4.44. The lowest BCUT2D eigenvalue weighted by Crippen LogP contribution is -2.32. The molecule has 6 heteroatoms. The number of benzene rings is 2. The second-order valence-corrected chi connectivity index (χ2v) is 11.4. The second-order valence-electron chi connectivity index (χ2n) is 9.25. The molecule has 3 rings (SSSR count). The zero-order valence-corrected chi connectivity index (χ0v) is 20.9. The van der Waals surface area contributed by atoms with Gasteiger partial charge < -0.3 is 0 Å². The first-order valence-corrected chi connectivity index (χ1v) is 13.0. The average molecular weight is 456 g/mol. The Labute approximate surface area is 191 Å². The molecule has 172 valence electrons. The molecule has 5 nitrogen and oxygen atoms in total. The highest BCUT2D eigenvalue weighted by atomic mass is 31.2. The molecule has 0 unspecified atom stereocenters. The van der Waals surface area contributed by atoms with Crippen LogP contribution in [-0.4, -0.2) is 17.1 Å². The van der Waals surface area contributed by atoms with E-state index in [1.54, 1.807) is 27.7 Å². The first-order chi connectivity index (χ1) is 15.0. The predicted octanol–water partition coefficient (Wildman–Crippen LogP) is 6.65. The molecule has 0 bridgehead atoms. The van der Waals surface area contributed by atoms with Crippen molar-refractivity contribution in [3.8, 4) is 0 Å². The van der Waals surface area contributed by atoms with Crippen molar-refractivity contribution in [2.24, 2.45) is 0 Å². The van der Waals surface area contributed by atoms with Gasteiger partial charge in [0.2, 0.25) is 0 Å². The Hall–Kier alpha value is -2.07. The van der Waals surface area contributed by atoms with Crippen LogP contribution in [0.25, 0.3) is 0 Å². The third-order valence-corrected chi connectivity index (χ3v) is 8.15. The molecule has 0 spiro atoms.